The molecule has 0 radical (unpaired) electrons. The number of nitrogens with zero attached hydrogens (tertiary/aromatic N) is 3. The lowest BCUT2D eigenvalue weighted by atomic mass is 10.2. The van der Waals surface area contributed by atoms with E-state index in [0.29, 0.717) is 22.5 Å². The molecule has 0 atom stereocenters. The van der Waals surface area contributed by atoms with Crippen molar-refractivity contribution in [3.63, 3.8) is 0 Å². The summed E-state index contributed by atoms with van der Waals surface area (Å²) in [7, 11) is 0. The summed E-state index contributed by atoms with van der Waals surface area (Å²) in [5.74, 6) is 1.39. The van der Waals surface area contributed by atoms with Gasteiger partial charge < -0.3 is 15.8 Å². The third kappa shape index (κ3) is 4.21. The fourth-order valence-electron chi connectivity index (χ4n) is 2.54. The molecule has 0 amide bonds. The standard InChI is InChI=1S/C20H17N5OS/c21-20-25-18(15-4-2-1-3-5-15)19(27-20)26-16-8-11-23-17(12-16)24-13-14-6-9-22-10-7-14/h1-12H,13H2,(H2,21,25)(H,23,24). The number of hydrogen-bond donors (Lipinski definition) is 2. The second-order valence-electron chi connectivity index (χ2n) is 5.74. The lowest BCUT2D eigenvalue weighted by Crippen LogP contribution is -2.01. The van der Waals surface area contributed by atoms with Gasteiger partial charge in [-0.15, -0.1) is 0 Å². The maximum Gasteiger partial charge on any atom is 0.210 e. The highest BCUT2D eigenvalue weighted by molar-refractivity contribution is 7.17. The first-order valence-electron chi connectivity index (χ1n) is 8.36. The molecule has 0 spiro atoms. The fourth-order valence-corrected chi connectivity index (χ4v) is 3.27. The summed E-state index contributed by atoms with van der Waals surface area (Å²) in [5.41, 5.74) is 8.74. The summed E-state index contributed by atoms with van der Waals surface area (Å²) in [6.07, 6.45) is 5.24. The summed E-state index contributed by atoms with van der Waals surface area (Å²) < 4.78 is 6.06. The molecular weight excluding hydrogens is 358 g/mol. The fraction of sp³-hybridized carbons (Fsp3) is 0.0500. The average Bonchev–Trinajstić information content (AvgIpc) is 3.08. The monoisotopic (exact) mass is 375 g/mol. The van der Waals surface area contributed by atoms with Crippen molar-refractivity contribution >= 4 is 22.3 Å². The van der Waals surface area contributed by atoms with Crippen molar-refractivity contribution in [1.29, 1.82) is 0 Å². The number of pyridine rings is 2. The van der Waals surface area contributed by atoms with Gasteiger partial charge in [-0.05, 0) is 23.8 Å². The van der Waals surface area contributed by atoms with Crippen LogP contribution in [0.15, 0.2) is 73.2 Å². The van der Waals surface area contributed by atoms with Crippen LogP contribution in [0.1, 0.15) is 5.56 Å². The normalized spacial score (nSPS) is 10.5. The van der Waals surface area contributed by atoms with E-state index in [2.05, 4.69) is 20.3 Å². The Morgan fingerprint density at radius 3 is 2.63 bits per heavy atom. The van der Waals surface area contributed by atoms with Crippen LogP contribution in [0.4, 0.5) is 10.9 Å². The lowest BCUT2D eigenvalue weighted by molar-refractivity contribution is 0.496. The first-order chi connectivity index (χ1) is 13.3. The van der Waals surface area contributed by atoms with Gasteiger partial charge in [0, 0.05) is 36.8 Å². The molecule has 6 nitrogen and oxygen atoms in total. The Bertz CT molecular complexity index is 1020. The van der Waals surface area contributed by atoms with Crippen molar-refractivity contribution in [2.24, 2.45) is 0 Å². The van der Waals surface area contributed by atoms with Crippen molar-refractivity contribution in [2.45, 2.75) is 6.54 Å². The number of hydrogen-bond acceptors (Lipinski definition) is 7. The highest BCUT2D eigenvalue weighted by atomic mass is 32.1. The zero-order chi connectivity index (χ0) is 18.5. The van der Waals surface area contributed by atoms with E-state index in [9.17, 15) is 0 Å². The Balaban J connectivity index is 1.52. The molecule has 3 aromatic heterocycles. The Morgan fingerprint density at radius 2 is 1.81 bits per heavy atom. The highest BCUT2D eigenvalue weighted by Gasteiger charge is 2.14. The summed E-state index contributed by atoms with van der Waals surface area (Å²) >= 11 is 1.32. The van der Waals surface area contributed by atoms with Gasteiger partial charge in [-0.25, -0.2) is 9.97 Å². The molecule has 1 aromatic carbocycles. The third-order valence-electron chi connectivity index (χ3n) is 3.82. The third-order valence-corrected chi connectivity index (χ3v) is 4.59. The Labute approximate surface area is 160 Å². The van der Waals surface area contributed by atoms with Gasteiger partial charge in [-0.2, -0.15) is 0 Å². The van der Waals surface area contributed by atoms with Crippen molar-refractivity contribution in [3.05, 3.63) is 78.8 Å². The lowest BCUT2D eigenvalue weighted by Gasteiger charge is -2.09. The number of aromatic nitrogens is 3. The summed E-state index contributed by atoms with van der Waals surface area (Å²) in [5, 5.41) is 4.41. The smallest absolute Gasteiger partial charge is 0.210 e. The molecule has 0 saturated carbocycles. The molecule has 4 rings (SSSR count). The molecule has 7 heteroatoms. The van der Waals surface area contributed by atoms with Crippen LogP contribution in [0.3, 0.4) is 0 Å². The maximum atomic E-state index is 6.06. The molecule has 4 aromatic rings. The van der Waals surface area contributed by atoms with Gasteiger partial charge >= 0.3 is 0 Å². The van der Waals surface area contributed by atoms with E-state index in [-0.39, 0.29) is 0 Å². The number of anilines is 2. The van der Waals surface area contributed by atoms with Crippen LogP contribution in [-0.2, 0) is 6.54 Å². The molecular formula is C20H17N5OS. The van der Waals surface area contributed by atoms with Crippen molar-refractivity contribution < 1.29 is 4.74 Å². The van der Waals surface area contributed by atoms with E-state index >= 15 is 0 Å². The summed E-state index contributed by atoms with van der Waals surface area (Å²) in [6, 6.07) is 17.4. The number of rotatable bonds is 6. The molecule has 3 heterocycles. The molecule has 0 aliphatic rings. The van der Waals surface area contributed by atoms with E-state index in [1.165, 1.54) is 11.3 Å². The second kappa shape index (κ2) is 7.84. The molecule has 0 fully saturated rings. The van der Waals surface area contributed by atoms with Crippen molar-refractivity contribution in [1.82, 2.24) is 15.0 Å². The van der Waals surface area contributed by atoms with E-state index < -0.39 is 0 Å². The average molecular weight is 375 g/mol. The van der Waals surface area contributed by atoms with Crippen LogP contribution in [0.2, 0.25) is 0 Å². The van der Waals surface area contributed by atoms with E-state index in [1.807, 2.05) is 54.6 Å². The van der Waals surface area contributed by atoms with E-state index in [0.717, 1.165) is 22.6 Å². The number of thiazole rings is 1. The quantitative estimate of drug-likeness (QED) is 0.513. The number of nitrogens with two attached hydrogens (primary N) is 1. The van der Waals surface area contributed by atoms with Gasteiger partial charge in [0.25, 0.3) is 0 Å². The zero-order valence-corrected chi connectivity index (χ0v) is 15.2. The first kappa shape index (κ1) is 17.0. The molecule has 27 heavy (non-hydrogen) atoms. The molecule has 3 N–H and O–H groups in total. The van der Waals surface area contributed by atoms with Crippen LogP contribution in [-0.4, -0.2) is 15.0 Å². The van der Waals surface area contributed by atoms with E-state index in [1.54, 1.807) is 18.6 Å². The minimum atomic E-state index is 0.467. The van der Waals surface area contributed by atoms with Gasteiger partial charge in [-0.1, -0.05) is 41.7 Å². The topological polar surface area (TPSA) is 86.0 Å². The molecule has 0 unspecified atom stereocenters. The zero-order valence-electron chi connectivity index (χ0n) is 14.4. The number of benzene rings is 1. The van der Waals surface area contributed by atoms with Crippen LogP contribution < -0.4 is 15.8 Å². The van der Waals surface area contributed by atoms with Gasteiger partial charge in [-0.3, -0.25) is 4.98 Å². The van der Waals surface area contributed by atoms with Crippen LogP contribution in [0.25, 0.3) is 11.3 Å². The second-order valence-corrected chi connectivity index (χ2v) is 6.74. The number of ether oxygens (including phenoxy) is 1. The predicted molar refractivity (Wildman–Crippen MR) is 108 cm³/mol. The van der Waals surface area contributed by atoms with Crippen LogP contribution in [0.5, 0.6) is 10.8 Å². The van der Waals surface area contributed by atoms with Gasteiger partial charge in [0.2, 0.25) is 5.06 Å². The first-order valence-corrected chi connectivity index (χ1v) is 9.18. The van der Waals surface area contributed by atoms with Crippen molar-refractivity contribution in [2.75, 3.05) is 11.1 Å². The molecule has 0 saturated heterocycles. The van der Waals surface area contributed by atoms with E-state index in [4.69, 9.17) is 10.5 Å². The minimum Gasteiger partial charge on any atom is -0.444 e. The minimum absolute atomic E-state index is 0.467. The SMILES string of the molecule is Nc1nc(-c2ccccc2)c(Oc2ccnc(NCc3ccncc3)c2)s1. The van der Waals surface area contributed by atoms with Gasteiger partial charge in [0.05, 0.1) is 0 Å². The van der Waals surface area contributed by atoms with Crippen molar-refractivity contribution in [3.8, 4) is 22.1 Å². The Hall–Kier alpha value is -3.45. The summed E-state index contributed by atoms with van der Waals surface area (Å²) in [4.78, 5) is 12.8. The molecule has 0 aliphatic heterocycles. The van der Waals surface area contributed by atoms with Crippen LogP contribution >= 0.6 is 11.3 Å². The molecule has 0 aliphatic carbocycles. The molecule has 134 valence electrons. The molecule has 0 bridgehead atoms. The van der Waals surface area contributed by atoms with Gasteiger partial charge in [0.15, 0.2) is 5.13 Å². The predicted octanol–water partition coefficient (Wildman–Crippen LogP) is 4.59. The Kier molecular flexibility index (Phi) is 4.93. The number of nitrogens with one attached hydrogen (secondary N) is 1. The largest absolute Gasteiger partial charge is 0.444 e. The maximum absolute atomic E-state index is 6.06. The van der Waals surface area contributed by atoms with Crippen LogP contribution in [0, 0.1) is 0 Å². The highest BCUT2D eigenvalue weighted by Crippen LogP contribution is 2.39. The Morgan fingerprint density at radius 1 is 1.00 bits per heavy atom. The number of nitrogen functional groups attached to an aromatic ring is 1. The summed E-state index contributed by atoms with van der Waals surface area (Å²) in [6.45, 7) is 0.655. The van der Waals surface area contributed by atoms with Gasteiger partial charge in [0.1, 0.15) is 17.3 Å².